The summed E-state index contributed by atoms with van der Waals surface area (Å²) in [5.74, 6) is -0.149. The van der Waals surface area contributed by atoms with Gasteiger partial charge in [-0.05, 0) is 18.6 Å². The third-order valence-electron chi connectivity index (χ3n) is 3.57. The molecule has 1 aromatic rings. The zero-order chi connectivity index (χ0) is 17.0. The van der Waals surface area contributed by atoms with E-state index in [1.165, 1.54) is 0 Å². The van der Waals surface area contributed by atoms with E-state index < -0.39 is 14.9 Å². The van der Waals surface area contributed by atoms with Gasteiger partial charge in [-0.15, -0.1) is 12.4 Å². The first kappa shape index (κ1) is 20.3. The molecule has 0 aliphatic carbocycles. The molecule has 3 N–H and O–H groups in total. The molecule has 0 radical (unpaired) electrons. The van der Waals surface area contributed by atoms with Gasteiger partial charge in [-0.25, -0.2) is 13.1 Å². The minimum Gasteiger partial charge on any atom is -0.341 e. The maximum atomic E-state index is 12.0. The summed E-state index contributed by atoms with van der Waals surface area (Å²) < 4.78 is 26.4. The molecule has 1 heterocycles. The van der Waals surface area contributed by atoms with Crippen LogP contribution in [0, 0.1) is 10.1 Å². The first-order chi connectivity index (χ1) is 10.8. The van der Waals surface area contributed by atoms with Gasteiger partial charge < -0.3 is 10.6 Å². The molecule has 0 spiro atoms. The van der Waals surface area contributed by atoms with E-state index in [1.807, 2.05) is 0 Å². The molecule has 2 rings (SSSR count). The summed E-state index contributed by atoms with van der Waals surface area (Å²) in [6.07, 6.45) is 0.791. The van der Waals surface area contributed by atoms with Crippen LogP contribution in [0.1, 0.15) is 12.8 Å². The molecule has 1 amide bonds. The number of rotatable bonds is 6. The van der Waals surface area contributed by atoms with Gasteiger partial charge in [-0.2, -0.15) is 0 Å². The lowest BCUT2D eigenvalue weighted by molar-refractivity contribution is -0.384. The van der Waals surface area contributed by atoms with Crippen molar-refractivity contribution >= 4 is 34.0 Å². The predicted molar refractivity (Wildman–Crippen MR) is 89.3 cm³/mol. The summed E-state index contributed by atoms with van der Waals surface area (Å²) in [5.41, 5.74) is 5.53. The topological polar surface area (TPSA) is 136 Å². The smallest absolute Gasteiger partial charge is 0.269 e. The number of hydrogen-bond acceptors (Lipinski definition) is 6. The van der Waals surface area contributed by atoms with Crippen LogP contribution >= 0.6 is 12.4 Å². The molecular weight excluding hydrogens is 360 g/mol. The number of carbonyl (C=O) groups excluding carboxylic acids is 1. The molecule has 1 aromatic carbocycles. The Balaban J connectivity index is 0.00000288. The van der Waals surface area contributed by atoms with Crippen LogP contribution in [-0.4, -0.2) is 49.8 Å². The Morgan fingerprint density at radius 1 is 1.38 bits per heavy atom. The predicted octanol–water partition coefficient (Wildman–Crippen LogP) is 0.245. The van der Waals surface area contributed by atoms with E-state index in [1.54, 1.807) is 4.90 Å². The van der Waals surface area contributed by atoms with Gasteiger partial charge in [0.2, 0.25) is 15.9 Å². The third-order valence-corrected chi connectivity index (χ3v) is 5.04. The highest BCUT2D eigenvalue weighted by Gasteiger charge is 2.23. The minimum absolute atomic E-state index is 0. The Morgan fingerprint density at radius 3 is 2.50 bits per heavy atom. The second-order valence-corrected chi connectivity index (χ2v) is 7.05. The number of sulfonamides is 1. The molecule has 1 aliphatic heterocycles. The van der Waals surface area contributed by atoms with E-state index in [4.69, 9.17) is 5.73 Å². The van der Waals surface area contributed by atoms with Gasteiger partial charge in [0.1, 0.15) is 0 Å². The highest BCUT2D eigenvalue weighted by molar-refractivity contribution is 7.89. The van der Waals surface area contributed by atoms with Crippen LogP contribution in [0.25, 0.3) is 0 Å². The van der Waals surface area contributed by atoms with Crippen molar-refractivity contribution in [2.75, 3.05) is 19.6 Å². The van der Waals surface area contributed by atoms with E-state index in [0.29, 0.717) is 13.1 Å². The molecule has 0 aromatic heterocycles. The molecule has 1 saturated heterocycles. The van der Waals surface area contributed by atoms with Crippen molar-refractivity contribution in [3.8, 4) is 0 Å². The normalized spacial score (nSPS) is 17.4. The lowest BCUT2D eigenvalue weighted by atomic mass is 10.3. The second-order valence-electron chi connectivity index (χ2n) is 5.29. The maximum absolute atomic E-state index is 12.0. The van der Waals surface area contributed by atoms with Gasteiger partial charge in [0.05, 0.1) is 9.82 Å². The standard InChI is InChI=1S/C13H18N4O5S.ClH/c14-10-6-8-16(9-10)13(18)5-7-15-23(21,22)12-3-1-11(2-4-12)17(19)20;/h1-4,10,15H,5-9,14H2;1H/t10-;/m1./s1. The van der Waals surface area contributed by atoms with Gasteiger partial charge in [-0.3, -0.25) is 14.9 Å². The molecule has 1 aliphatic rings. The average molecular weight is 379 g/mol. The number of halogens is 1. The number of nitro benzene ring substituents is 1. The van der Waals surface area contributed by atoms with E-state index in [2.05, 4.69) is 4.72 Å². The molecule has 1 fully saturated rings. The van der Waals surface area contributed by atoms with Crippen LogP contribution in [0.4, 0.5) is 5.69 Å². The van der Waals surface area contributed by atoms with Crippen molar-refractivity contribution in [3.05, 3.63) is 34.4 Å². The molecule has 9 nitrogen and oxygen atoms in total. The quantitative estimate of drug-likeness (QED) is 0.537. The highest BCUT2D eigenvalue weighted by atomic mass is 35.5. The fraction of sp³-hybridized carbons (Fsp3) is 0.462. The van der Waals surface area contributed by atoms with Crippen LogP contribution in [-0.2, 0) is 14.8 Å². The number of carbonyl (C=O) groups is 1. The molecule has 134 valence electrons. The van der Waals surface area contributed by atoms with Crippen molar-refractivity contribution in [2.24, 2.45) is 5.73 Å². The van der Waals surface area contributed by atoms with Crippen molar-refractivity contribution in [2.45, 2.75) is 23.8 Å². The fourth-order valence-electron chi connectivity index (χ4n) is 2.29. The summed E-state index contributed by atoms with van der Waals surface area (Å²) in [6, 6.07) is 4.52. The average Bonchev–Trinajstić information content (AvgIpc) is 2.94. The molecule has 1 atom stereocenters. The highest BCUT2D eigenvalue weighted by Crippen LogP contribution is 2.15. The first-order valence-electron chi connectivity index (χ1n) is 7.07. The van der Waals surface area contributed by atoms with Crippen LogP contribution < -0.4 is 10.5 Å². The van der Waals surface area contributed by atoms with E-state index in [0.717, 1.165) is 30.7 Å². The molecular formula is C13H19ClN4O5S. The van der Waals surface area contributed by atoms with Crippen LogP contribution in [0.5, 0.6) is 0 Å². The van der Waals surface area contributed by atoms with Crippen molar-refractivity contribution < 1.29 is 18.1 Å². The van der Waals surface area contributed by atoms with Crippen molar-refractivity contribution in [1.29, 1.82) is 0 Å². The summed E-state index contributed by atoms with van der Waals surface area (Å²) in [5, 5.41) is 10.5. The van der Waals surface area contributed by atoms with Crippen molar-refractivity contribution in [1.82, 2.24) is 9.62 Å². The number of non-ortho nitro benzene ring substituents is 1. The molecule has 11 heteroatoms. The first-order valence-corrected chi connectivity index (χ1v) is 8.55. The lowest BCUT2D eigenvalue weighted by Crippen LogP contribution is -2.34. The zero-order valence-electron chi connectivity index (χ0n) is 12.8. The Labute approximate surface area is 145 Å². The Hall–Kier alpha value is -1.75. The molecule has 0 unspecified atom stereocenters. The Kier molecular flexibility index (Phi) is 7.08. The minimum atomic E-state index is -3.80. The monoisotopic (exact) mass is 378 g/mol. The Morgan fingerprint density at radius 2 is 2.00 bits per heavy atom. The second kappa shape index (κ2) is 8.38. The lowest BCUT2D eigenvalue weighted by Gasteiger charge is -2.15. The van der Waals surface area contributed by atoms with E-state index in [9.17, 15) is 23.3 Å². The third kappa shape index (κ3) is 5.13. The summed E-state index contributed by atoms with van der Waals surface area (Å²) >= 11 is 0. The van der Waals surface area contributed by atoms with Crippen LogP contribution in [0.15, 0.2) is 29.2 Å². The number of nitrogens with zero attached hydrogens (tertiary/aromatic N) is 2. The number of nitro groups is 1. The Bertz CT molecular complexity index is 695. The number of hydrogen-bond donors (Lipinski definition) is 2. The largest absolute Gasteiger partial charge is 0.341 e. The number of nitrogens with one attached hydrogen (secondary N) is 1. The van der Waals surface area contributed by atoms with Gasteiger partial charge in [-0.1, -0.05) is 0 Å². The van der Waals surface area contributed by atoms with Gasteiger partial charge >= 0.3 is 0 Å². The van der Waals surface area contributed by atoms with E-state index >= 15 is 0 Å². The summed E-state index contributed by atoms with van der Waals surface area (Å²) in [6.45, 7) is 1.05. The molecule has 24 heavy (non-hydrogen) atoms. The van der Waals surface area contributed by atoms with Gasteiger partial charge in [0, 0.05) is 44.2 Å². The number of amides is 1. The van der Waals surface area contributed by atoms with Crippen LogP contribution in [0.2, 0.25) is 0 Å². The van der Waals surface area contributed by atoms with Crippen molar-refractivity contribution in [3.63, 3.8) is 0 Å². The molecule has 0 bridgehead atoms. The SMILES string of the molecule is Cl.N[C@@H]1CCN(C(=O)CCNS(=O)(=O)c2ccc([N+](=O)[O-])cc2)C1. The number of likely N-dealkylation sites (tertiary alicyclic amines) is 1. The zero-order valence-corrected chi connectivity index (χ0v) is 14.4. The number of benzene rings is 1. The van der Waals surface area contributed by atoms with Crippen LogP contribution in [0.3, 0.4) is 0 Å². The van der Waals surface area contributed by atoms with Gasteiger partial charge in [0.25, 0.3) is 5.69 Å². The number of nitrogens with two attached hydrogens (primary N) is 1. The van der Waals surface area contributed by atoms with Gasteiger partial charge in [0.15, 0.2) is 0 Å². The maximum Gasteiger partial charge on any atom is 0.269 e. The van der Waals surface area contributed by atoms with E-state index in [-0.39, 0.29) is 47.9 Å². The summed E-state index contributed by atoms with van der Waals surface area (Å²) in [7, 11) is -3.80. The fourth-order valence-corrected chi connectivity index (χ4v) is 3.33. The summed E-state index contributed by atoms with van der Waals surface area (Å²) in [4.78, 5) is 23.4. The molecule has 0 saturated carbocycles.